The molecule has 4 aromatic rings. The molecule has 0 spiro atoms. The van der Waals surface area contributed by atoms with E-state index in [4.69, 9.17) is 27.9 Å². The number of nitro groups is 1. The van der Waals surface area contributed by atoms with Gasteiger partial charge in [0.05, 0.1) is 29.3 Å². The van der Waals surface area contributed by atoms with Gasteiger partial charge in [-0.15, -0.1) is 10.2 Å². The van der Waals surface area contributed by atoms with Crippen LogP contribution in [0.5, 0.6) is 5.75 Å². The predicted octanol–water partition coefficient (Wildman–Crippen LogP) is 6.10. The van der Waals surface area contributed by atoms with Crippen LogP contribution in [-0.4, -0.2) is 32.8 Å². The zero-order chi connectivity index (χ0) is 26.4. The number of hydrogen-bond acceptors (Lipinski definition) is 7. The number of anilines is 1. The van der Waals surface area contributed by atoms with E-state index in [9.17, 15) is 14.9 Å². The maximum absolute atomic E-state index is 12.5. The fraction of sp³-hybridized carbons (Fsp3) is 0.125. The van der Waals surface area contributed by atoms with Crippen LogP contribution in [0.15, 0.2) is 71.9 Å². The summed E-state index contributed by atoms with van der Waals surface area (Å²) in [4.78, 5) is 22.8. The van der Waals surface area contributed by atoms with Crippen LogP contribution in [0.1, 0.15) is 11.4 Å². The van der Waals surface area contributed by atoms with Crippen LogP contribution in [0.4, 0.5) is 16.2 Å². The first-order chi connectivity index (χ1) is 17.8. The van der Waals surface area contributed by atoms with Crippen molar-refractivity contribution >= 4 is 52.4 Å². The number of ether oxygens (including phenoxy) is 1. The van der Waals surface area contributed by atoms with Gasteiger partial charge in [-0.1, -0.05) is 47.1 Å². The summed E-state index contributed by atoms with van der Waals surface area (Å²) < 4.78 is 7.06. The number of rotatable bonds is 9. The van der Waals surface area contributed by atoms with Crippen molar-refractivity contribution in [2.24, 2.45) is 0 Å². The summed E-state index contributed by atoms with van der Waals surface area (Å²) in [5.74, 6) is 1.79. The molecule has 0 bridgehead atoms. The van der Waals surface area contributed by atoms with Gasteiger partial charge in [0, 0.05) is 28.6 Å². The molecule has 1 aromatic heterocycles. The molecule has 2 amide bonds. The monoisotopic (exact) mass is 558 g/mol. The lowest BCUT2D eigenvalue weighted by Crippen LogP contribution is -2.29. The Labute approximate surface area is 226 Å². The molecule has 0 aliphatic carbocycles. The molecule has 0 saturated carbocycles. The second kappa shape index (κ2) is 12.0. The molecule has 3 aromatic carbocycles. The van der Waals surface area contributed by atoms with Crippen LogP contribution < -0.4 is 15.4 Å². The van der Waals surface area contributed by atoms with E-state index in [2.05, 4.69) is 20.8 Å². The highest BCUT2D eigenvalue weighted by Gasteiger charge is 2.18. The number of thioether (sulfide) groups is 1. The lowest BCUT2D eigenvalue weighted by molar-refractivity contribution is -0.384. The molecular weight excluding hydrogens is 539 g/mol. The predicted molar refractivity (Wildman–Crippen MR) is 143 cm³/mol. The number of halogens is 2. The van der Waals surface area contributed by atoms with Crippen molar-refractivity contribution in [1.29, 1.82) is 0 Å². The van der Waals surface area contributed by atoms with Gasteiger partial charge in [-0.2, -0.15) is 0 Å². The van der Waals surface area contributed by atoms with Crippen molar-refractivity contribution in [2.75, 3.05) is 12.4 Å². The van der Waals surface area contributed by atoms with E-state index in [1.807, 2.05) is 24.3 Å². The number of nitro benzene ring substituents is 1. The standard InChI is InChI=1S/C24H20Cl2N6O4S/c1-36-19-4-2-3-15(11-19)14-37-24-30-29-22(31(24)21-10-5-16(25)12-20(21)26)13-27-23(33)28-17-6-8-18(9-7-17)32(34)35/h2-12H,13-14H2,1H3,(H2,27,28,33). The fourth-order valence-electron chi connectivity index (χ4n) is 3.32. The van der Waals surface area contributed by atoms with Gasteiger partial charge in [0.1, 0.15) is 5.75 Å². The summed E-state index contributed by atoms with van der Waals surface area (Å²) in [6.45, 7) is 0.0322. The molecule has 0 radical (unpaired) electrons. The van der Waals surface area contributed by atoms with E-state index >= 15 is 0 Å². The molecule has 0 unspecified atom stereocenters. The van der Waals surface area contributed by atoms with Crippen molar-refractivity contribution in [1.82, 2.24) is 20.1 Å². The Bertz CT molecular complexity index is 1430. The Morgan fingerprint density at radius 2 is 1.89 bits per heavy atom. The topological polar surface area (TPSA) is 124 Å². The molecule has 10 nitrogen and oxygen atoms in total. The highest BCUT2D eigenvalue weighted by molar-refractivity contribution is 7.98. The normalized spacial score (nSPS) is 10.7. The average Bonchev–Trinajstić information content (AvgIpc) is 3.29. The maximum atomic E-state index is 12.5. The number of aromatic nitrogens is 3. The van der Waals surface area contributed by atoms with Crippen molar-refractivity contribution in [2.45, 2.75) is 17.5 Å². The lowest BCUT2D eigenvalue weighted by Gasteiger charge is -2.13. The lowest BCUT2D eigenvalue weighted by atomic mass is 10.2. The molecular formula is C24H20Cl2N6O4S. The maximum Gasteiger partial charge on any atom is 0.319 e. The zero-order valence-electron chi connectivity index (χ0n) is 19.4. The van der Waals surface area contributed by atoms with Crippen LogP contribution in [0.25, 0.3) is 5.69 Å². The second-order valence-electron chi connectivity index (χ2n) is 7.58. The van der Waals surface area contributed by atoms with Gasteiger partial charge in [0.25, 0.3) is 5.69 Å². The summed E-state index contributed by atoms with van der Waals surface area (Å²) in [5, 5.41) is 26.2. The fourth-order valence-corrected chi connectivity index (χ4v) is 4.72. The van der Waals surface area contributed by atoms with Crippen molar-refractivity contribution in [3.63, 3.8) is 0 Å². The molecule has 0 atom stereocenters. The largest absolute Gasteiger partial charge is 0.497 e. The van der Waals surface area contributed by atoms with Gasteiger partial charge in [0.2, 0.25) is 0 Å². The number of urea groups is 1. The zero-order valence-corrected chi connectivity index (χ0v) is 21.7. The van der Waals surface area contributed by atoms with Crippen molar-refractivity contribution in [3.8, 4) is 11.4 Å². The molecule has 190 valence electrons. The molecule has 0 saturated heterocycles. The van der Waals surface area contributed by atoms with Gasteiger partial charge in [-0.05, 0) is 48.0 Å². The molecule has 0 fully saturated rings. The smallest absolute Gasteiger partial charge is 0.319 e. The van der Waals surface area contributed by atoms with E-state index in [-0.39, 0.29) is 12.2 Å². The van der Waals surface area contributed by atoms with Gasteiger partial charge >= 0.3 is 6.03 Å². The molecule has 1 heterocycles. The number of nitrogens with zero attached hydrogens (tertiary/aromatic N) is 4. The second-order valence-corrected chi connectivity index (χ2v) is 9.37. The Morgan fingerprint density at radius 3 is 2.59 bits per heavy atom. The number of benzene rings is 3. The Balaban J connectivity index is 1.52. The van der Waals surface area contributed by atoms with E-state index in [0.717, 1.165) is 11.3 Å². The van der Waals surface area contributed by atoms with Gasteiger partial charge in [-0.25, -0.2) is 4.79 Å². The summed E-state index contributed by atoms with van der Waals surface area (Å²) in [6, 6.07) is 17.8. The van der Waals surface area contributed by atoms with Crippen LogP contribution in [-0.2, 0) is 12.3 Å². The summed E-state index contributed by atoms with van der Waals surface area (Å²) in [6.07, 6.45) is 0. The summed E-state index contributed by atoms with van der Waals surface area (Å²) >= 11 is 14.0. The number of non-ortho nitro benzene ring substituents is 1. The number of amides is 2. The van der Waals surface area contributed by atoms with Gasteiger partial charge < -0.3 is 15.4 Å². The Kier molecular flexibility index (Phi) is 8.49. The summed E-state index contributed by atoms with van der Waals surface area (Å²) in [7, 11) is 1.61. The number of carbonyl (C=O) groups is 1. The number of nitrogens with one attached hydrogen (secondary N) is 2. The SMILES string of the molecule is COc1cccc(CSc2nnc(CNC(=O)Nc3ccc([N+](=O)[O-])cc3)n2-c2ccc(Cl)cc2Cl)c1. The molecule has 4 rings (SSSR count). The van der Waals surface area contributed by atoms with E-state index in [0.29, 0.717) is 38.2 Å². The van der Waals surface area contributed by atoms with Gasteiger partial charge in [-0.3, -0.25) is 14.7 Å². The molecule has 0 aliphatic rings. The van der Waals surface area contributed by atoms with Crippen LogP contribution in [0, 0.1) is 10.1 Å². The minimum atomic E-state index is -0.517. The summed E-state index contributed by atoms with van der Waals surface area (Å²) in [5.41, 5.74) is 1.97. The van der Waals surface area contributed by atoms with E-state index in [1.54, 1.807) is 29.9 Å². The highest BCUT2D eigenvalue weighted by atomic mass is 35.5. The number of carbonyl (C=O) groups excluding carboxylic acids is 1. The number of methoxy groups -OCH3 is 1. The van der Waals surface area contributed by atoms with Crippen molar-refractivity contribution in [3.05, 3.63) is 98.3 Å². The highest BCUT2D eigenvalue weighted by Crippen LogP contribution is 2.31. The minimum Gasteiger partial charge on any atom is -0.497 e. The number of hydrogen-bond donors (Lipinski definition) is 2. The average molecular weight is 559 g/mol. The third-order valence-corrected chi connectivity index (χ3v) is 6.63. The molecule has 13 heteroatoms. The van der Waals surface area contributed by atoms with Crippen molar-refractivity contribution < 1.29 is 14.5 Å². The third kappa shape index (κ3) is 6.70. The van der Waals surface area contributed by atoms with Crippen LogP contribution in [0.2, 0.25) is 10.0 Å². The first kappa shape index (κ1) is 26.3. The first-order valence-corrected chi connectivity index (χ1v) is 12.5. The van der Waals surface area contributed by atoms with Gasteiger partial charge in [0.15, 0.2) is 11.0 Å². The first-order valence-electron chi connectivity index (χ1n) is 10.8. The molecule has 2 N–H and O–H groups in total. The molecule has 37 heavy (non-hydrogen) atoms. The van der Waals surface area contributed by atoms with Crippen LogP contribution in [0.3, 0.4) is 0 Å². The quantitative estimate of drug-likeness (QED) is 0.144. The van der Waals surface area contributed by atoms with Crippen LogP contribution >= 0.6 is 35.0 Å². The third-order valence-electron chi connectivity index (χ3n) is 5.10. The van der Waals surface area contributed by atoms with E-state index < -0.39 is 11.0 Å². The minimum absolute atomic E-state index is 0.0322. The Morgan fingerprint density at radius 1 is 1.11 bits per heavy atom. The molecule has 0 aliphatic heterocycles. The Hall–Kier alpha value is -3.80. The van der Waals surface area contributed by atoms with E-state index in [1.165, 1.54) is 36.0 Å².